The molecule has 0 fully saturated rings. The molecule has 0 saturated carbocycles. The van der Waals surface area contributed by atoms with Crippen molar-refractivity contribution in [3.8, 4) is 0 Å². The van der Waals surface area contributed by atoms with E-state index in [4.69, 9.17) is 23.8 Å². The Kier molecular flexibility index (Phi) is 4.84. The maximum atomic E-state index is 11.9. The van der Waals surface area contributed by atoms with Crippen molar-refractivity contribution in [1.82, 2.24) is 5.32 Å². The second-order valence-corrected chi connectivity index (χ2v) is 5.54. The average Bonchev–Trinajstić information content (AvgIpc) is 2.91. The summed E-state index contributed by atoms with van der Waals surface area (Å²) in [7, 11) is 0. The number of nitrogens with zero attached hydrogens (tertiary/aromatic N) is 1. The Bertz CT molecular complexity index is 717. The van der Waals surface area contributed by atoms with Crippen molar-refractivity contribution in [3.63, 3.8) is 0 Å². The number of rotatable bonds is 3. The highest BCUT2D eigenvalue weighted by Crippen LogP contribution is 2.22. The molecule has 0 radical (unpaired) electrons. The number of para-hydroxylation sites is 1. The van der Waals surface area contributed by atoms with Crippen LogP contribution in [0.4, 0.5) is 11.4 Å². The van der Waals surface area contributed by atoms with Gasteiger partial charge in [0.25, 0.3) is 11.6 Å². The summed E-state index contributed by atoms with van der Waals surface area (Å²) in [5.74, 6) is -0.516. The second kappa shape index (κ2) is 6.61. The predicted molar refractivity (Wildman–Crippen MR) is 86.1 cm³/mol. The molecule has 108 valence electrons. The van der Waals surface area contributed by atoms with Crippen LogP contribution in [0.1, 0.15) is 9.67 Å². The van der Waals surface area contributed by atoms with Crippen LogP contribution in [0.5, 0.6) is 0 Å². The molecule has 0 aliphatic rings. The summed E-state index contributed by atoms with van der Waals surface area (Å²) >= 11 is 11.9. The topological polar surface area (TPSA) is 84.3 Å². The molecule has 0 bridgehead atoms. The number of halogens is 1. The molecule has 2 N–H and O–H groups in total. The van der Waals surface area contributed by atoms with Gasteiger partial charge < -0.3 is 5.32 Å². The van der Waals surface area contributed by atoms with E-state index in [9.17, 15) is 14.9 Å². The minimum atomic E-state index is -0.562. The fourth-order valence-corrected chi connectivity index (χ4v) is 2.56. The lowest BCUT2D eigenvalue weighted by molar-refractivity contribution is -0.384. The van der Waals surface area contributed by atoms with Crippen LogP contribution in [-0.2, 0) is 0 Å². The largest absolute Gasteiger partial charge is 0.331 e. The molecule has 1 aromatic heterocycles. The lowest BCUT2D eigenvalue weighted by Gasteiger charge is -2.09. The third-order valence-electron chi connectivity index (χ3n) is 2.37. The van der Waals surface area contributed by atoms with Crippen LogP contribution in [0.25, 0.3) is 0 Å². The Balaban J connectivity index is 2.00. The van der Waals surface area contributed by atoms with E-state index < -0.39 is 10.8 Å². The Morgan fingerprint density at radius 2 is 2.10 bits per heavy atom. The molecule has 2 rings (SSSR count). The molecule has 6 nitrogen and oxygen atoms in total. The first-order chi connectivity index (χ1) is 9.97. The summed E-state index contributed by atoms with van der Waals surface area (Å²) in [5.41, 5.74) is 0.428. The summed E-state index contributed by atoms with van der Waals surface area (Å²) in [6.45, 7) is 0. The van der Waals surface area contributed by atoms with Crippen LogP contribution in [0, 0.1) is 10.1 Å². The van der Waals surface area contributed by atoms with Crippen molar-refractivity contribution in [2.24, 2.45) is 0 Å². The van der Waals surface area contributed by atoms with Gasteiger partial charge in [0.2, 0.25) is 0 Å². The molecular formula is C12H8ClN3O3S2. The Morgan fingerprint density at radius 3 is 2.71 bits per heavy atom. The van der Waals surface area contributed by atoms with Gasteiger partial charge in [0.15, 0.2) is 5.11 Å². The number of nitro groups is 1. The van der Waals surface area contributed by atoms with Gasteiger partial charge in [-0.05, 0) is 24.4 Å². The van der Waals surface area contributed by atoms with Gasteiger partial charge in [-0.1, -0.05) is 23.7 Å². The number of benzene rings is 1. The number of hydrogen-bond donors (Lipinski definition) is 2. The number of carbonyl (C=O) groups is 1. The van der Waals surface area contributed by atoms with Gasteiger partial charge in [-0.15, -0.1) is 11.3 Å². The van der Waals surface area contributed by atoms with Gasteiger partial charge >= 0.3 is 0 Å². The molecule has 0 aliphatic carbocycles. The molecule has 0 aliphatic heterocycles. The third kappa shape index (κ3) is 3.97. The monoisotopic (exact) mass is 341 g/mol. The van der Waals surface area contributed by atoms with E-state index in [0.717, 1.165) is 11.3 Å². The Morgan fingerprint density at radius 1 is 1.38 bits per heavy atom. The molecular weight excluding hydrogens is 334 g/mol. The molecule has 0 saturated heterocycles. The van der Waals surface area contributed by atoms with Crippen molar-refractivity contribution >= 4 is 57.5 Å². The minimum absolute atomic E-state index is 0.0594. The van der Waals surface area contributed by atoms with Gasteiger partial charge in [0, 0.05) is 6.07 Å². The van der Waals surface area contributed by atoms with Crippen molar-refractivity contribution in [1.29, 1.82) is 0 Å². The second-order valence-electron chi connectivity index (χ2n) is 3.81. The average molecular weight is 342 g/mol. The zero-order chi connectivity index (χ0) is 15.4. The zero-order valence-electron chi connectivity index (χ0n) is 10.3. The maximum Gasteiger partial charge on any atom is 0.280 e. The maximum absolute atomic E-state index is 11.9. The van der Waals surface area contributed by atoms with E-state index in [2.05, 4.69) is 10.6 Å². The smallest absolute Gasteiger partial charge is 0.280 e. The van der Waals surface area contributed by atoms with Crippen LogP contribution in [-0.4, -0.2) is 15.9 Å². The number of amides is 1. The lowest BCUT2D eigenvalue weighted by atomic mass is 10.3. The van der Waals surface area contributed by atoms with Crippen molar-refractivity contribution < 1.29 is 9.72 Å². The van der Waals surface area contributed by atoms with Crippen LogP contribution < -0.4 is 10.6 Å². The van der Waals surface area contributed by atoms with E-state index in [1.54, 1.807) is 24.3 Å². The fraction of sp³-hybridized carbons (Fsp3) is 0. The van der Waals surface area contributed by atoms with E-state index in [-0.39, 0.29) is 15.7 Å². The molecule has 0 spiro atoms. The first-order valence-electron chi connectivity index (χ1n) is 5.57. The summed E-state index contributed by atoms with van der Waals surface area (Å²) in [4.78, 5) is 22.1. The summed E-state index contributed by atoms with van der Waals surface area (Å²) < 4.78 is 0. The van der Waals surface area contributed by atoms with Crippen LogP contribution in [0.2, 0.25) is 5.02 Å². The third-order valence-corrected chi connectivity index (χ3v) is 3.82. The molecule has 9 heteroatoms. The number of carbonyl (C=O) groups excluding carboxylic acids is 1. The molecule has 1 heterocycles. The molecule has 0 unspecified atom stereocenters. The SMILES string of the molecule is O=C(NC(=S)Nc1ccccc1Cl)c1cc([N+](=O)[O-])cs1. The first-order valence-corrected chi connectivity index (χ1v) is 7.24. The molecule has 1 amide bonds. The number of thiocarbonyl (C=S) groups is 1. The number of thiophene rings is 1. The first kappa shape index (κ1) is 15.4. The van der Waals surface area contributed by atoms with Gasteiger partial charge in [0.05, 0.1) is 25.9 Å². The van der Waals surface area contributed by atoms with Gasteiger partial charge in [-0.25, -0.2) is 0 Å². The zero-order valence-corrected chi connectivity index (χ0v) is 12.7. The van der Waals surface area contributed by atoms with Crippen molar-refractivity contribution in [2.75, 3.05) is 5.32 Å². The van der Waals surface area contributed by atoms with Crippen molar-refractivity contribution in [3.05, 3.63) is 55.7 Å². The summed E-state index contributed by atoms with van der Waals surface area (Å²) in [5, 5.41) is 17.6. The van der Waals surface area contributed by atoms with Gasteiger partial charge in [0.1, 0.15) is 0 Å². The predicted octanol–water partition coefficient (Wildman–Crippen LogP) is 3.44. The van der Waals surface area contributed by atoms with E-state index >= 15 is 0 Å². The number of anilines is 1. The number of nitrogens with one attached hydrogen (secondary N) is 2. The van der Waals surface area contributed by atoms with Crippen LogP contribution in [0.15, 0.2) is 35.7 Å². The highest BCUT2D eigenvalue weighted by atomic mass is 35.5. The Labute approximate surface area is 133 Å². The standard InChI is InChI=1S/C12H8ClN3O3S2/c13-8-3-1-2-4-9(8)14-12(20)15-11(17)10-5-7(6-21-10)16(18)19/h1-6H,(H2,14,15,17,20). The van der Waals surface area contributed by atoms with E-state index in [0.29, 0.717) is 10.7 Å². The van der Waals surface area contributed by atoms with Crippen LogP contribution in [0.3, 0.4) is 0 Å². The van der Waals surface area contributed by atoms with Gasteiger partial charge in [-0.3, -0.25) is 20.2 Å². The normalized spacial score (nSPS) is 9.95. The van der Waals surface area contributed by atoms with Gasteiger partial charge in [-0.2, -0.15) is 0 Å². The molecule has 2 aromatic rings. The van der Waals surface area contributed by atoms with Crippen LogP contribution >= 0.6 is 35.2 Å². The number of hydrogen-bond acceptors (Lipinski definition) is 5. The lowest BCUT2D eigenvalue weighted by Crippen LogP contribution is -2.33. The fourth-order valence-electron chi connectivity index (χ4n) is 1.42. The van der Waals surface area contributed by atoms with E-state index in [1.165, 1.54) is 11.4 Å². The van der Waals surface area contributed by atoms with Crippen molar-refractivity contribution in [2.45, 2.75) is 0 Å². The quantitative estimate of drug-likeness (QED) is 0.507. The minimum Gasteiger partial charge on any atom is -0.331 e. The molecule has 0 atom stereocenters. The molecule has 1 aromatic carbocycles. The highest BCUT2D eigenvalue weighted by Gasteiger charge is 2.16. The highest BCUT2D eigenvalue weighted by molar-refractivity contribution is 7.80. The molecule has 21 heavy (non-hydrogen) atoms. The van der Waals surface area contributed by atoms with E-state index in [1.807, 2.05) is 0 Å². The Hall–Kier alpha value is -2.03. The summed E-state index contributed by atoms with van der Waals surface area (Å²) in [6, 6.07) is 8.10. The summed E-state index contributed by atoms with van der Waals surface area (Å²) in [6.07, 6.45) is 0.